The largest absolute Gasteiger partial charge is 0.318 e. The Balaban J connectivity index is 1.56. The van der Waals surface area contributed by atoms with E-state index in [1.54, 1.807) is 36.5 Å². The van der Waals surface area contributed by atoms with E-state index < -0.39 is 22.5 Å². The summed E-state index contributed by atoms with van der Waals surface area (Å²) in [5.74, 6) is -0.593. The van der Waals surface area contributed by atoms with Crippen LogP contribution in [0, 0.1) is 27.7 Å². The van der Waals surface area contributed by atoms with Gasteiger partial charge in [-0.1, -0.05) is 48.0 Å². The van der Waals surface area contributed by atoms with Crippen molar-refractivity contribution in [1.29, 1.82) is 0 Å². The quantitative estimate of drug-likeness (QED) is 0.226. The fraction of sp³-hybridized carbons (Fsp3) is 0.172. The molecule has 1 aromatic heterocycles. The Morgan fingerprint density at radius 3 is 2.39 bits per heavy atom. The highest BCUT2D eigenvalue weighted by Crippen LogP contribution is 2.28. The number of amides is 1. The topological polar surface area (TPSA) is 83.8 Å². The van der Waals surface area contributed by atoms with Crippen LogP contribution in [0.25, 0.3) is 5.69 Å². The van der Waals surface area contributed by atoms with Gasteiger partial charge in [0.2, 0.25) is 0 Å². The van der Waals surface area contributed by atoms with Crippen molar-refractivity contribution in [3.63, 3.8) is 0 Å². The Kier molecular flexibility index (Phi) is 8.04. The third kappa shape index (κ3) is 5.82. The zero-order valence-corrected chi connectivity index (χ0v) is 23.2. The number of nitrogens with zero attached hydrogens (tertiary/aromatic N) is 3. The number of aromatic nitrogens is 1. The van der Waals surface area contributed by atoms with E-state index in [9.17, 15) is 13.2 Å². The van der Waals surface area contributed by atoms with Crippen LogP contribution in [0.3, 0.4) is 0 Å². The monoisotopic (exact) mass is 548 g/mol. The van der Waals surface area contributed by atoms with Gasteiger partial charge in [0.05, 0.1) is 16.8 Å². The standard InChI is InChI=1S/C29H29ClN4O3S/c1-20-9-8-10-26(15-20)34-22(3)16-24(23(34)4)18-31-32-29(35)19-33(25-14-13-21(2)28(30)17-25)38(36,37)27-11-6-5-7-12-27/h5-18H,19H2,1-4H3,(H,32,35)/b31-18+. The van der Waals surface area contributed by atoms with Crippen LogP contribution in [0.15, 0.2) is 88.9 Å². The zero-order valence-electron chi connectivity index (χ0n) is 21.6. The van der Waals surface area contributed by atoms with E-state index in [1.807, 2.05) is 52.0 Å². The minimum absolute atomic E-state index is 0.0663. The van der Waals surface area contributed by atoms with E-state index >= 15 is 0 Å². The summed E-state index contributed by atoms with van der Waals surface area (Å²) < 4.78 is 30.1. The molecule has 0 saturated carbocycles. The normalized spacial score (nSPS) is 11.6. The highest BCUT2D eigenvalue weighted by molar-refractivity contribution is 7.92. The van der Waals surface area contributed by atoms with Crippen LogP contribution in [-0.4, -0.2) is 31.7 Å². The average Bonchev–Trinajstić information content (AvgIpc) is 3.17. The number of nitrogens with one attached hydrogen (secondary N) is 1. The molecule has 9 heteroatoms. The molecule has 4 aromatic rings. The van der Waals surface area contributed by atoms with Crippen LogP contribution < -0.4 is 9.73 Å². The van der Waals surface area contributed by atoms with Crippen LogP contribution in [0.2, 0.25) is 5.02 Å². The summed E-state index contributed by atoms with van der Waals surface area (Å²) >= 11 is 6.28. The molecule has 1 amide bonds. The summed E-state index contributed by atoms with van der Waals surface area (Å²) in [5.41, 5.74) is 8.57. The molecule has 1 heterocycles. The van der Waals surface area contributed by atoms with E-state index in [0.717, 1.165) is 38.1 Å². The number of hydrogen-bond donors (Lipinski definition) is 1. The number of sulfonamides is 1. The van der Waals surface area contributed by atoms with Crippen LogP contribution in [0.4, 0.5) is 5.69 Å². The third-order valence-corrected chi connectivity index (χ3v) is 8.38. The molecule has 0 atom stereocenters. The first kappa shape index (κ1) is 27.2. The van der Waals surface area contributed by atoms with Crippen LogP contribution in [0.5, 0.6) is 0 Å². The molecule has 3 aromatic carbocycles. The molecule has 7 nitrogen and oxygen atoms in total. The van der Waals surface area contributed by atoms with Crippen LogP contribution in [0.1, 0.15) is 28.1 Å². The Labute approximate surface area is 228 Å². The summed E-state index contributed by atoms with van der Waals surface area (Å²) in [4.78, 5) is 13.0. The van der Waals surface area contributed by atoms with Crippen molar-refractivity contribution in [2.45, 2.75) is 32.6 Å². The van der Waals surface area contributed by atoms with Gasteiger partial charge < -0.3 is 4.57 Å². The van der Waals surface area contributed by atoms with Gasteiger partial charge in [-0.3, -0.25) is 9.10 Å². The number of aryl methyl sites for hydroxylation is 3. The van der Waals surface area contributed by atoms with Gasteiger partial charge in [-0.25, -0.2) is 13.8 Å². The fourth-order valence-corrected chi connectivity index (χ4v) is 5.80. The molecule has 0 unspecified atom stereocenters. The van der Waals surface area contributed by atoms with Gasteiger partial charge in [0.1, 0.15) is 6.54 Å². The SMILES string of the molecule is Cc1cccc(-n2c(C)cc(/C=N/NC(=O)CN(c3ccc(C)c(Cl)c3)S(=O)(=O)c3ccccc3)c2C)c1. The molecular weight excluding hydrogens is 520 g/mol. The summed E-state index contributed by atoms with van der Waals surface area (Å²) in [6.45, 7) is 7.37. The fourth-order valence-electron chi connectivity index (χ4n) is 4.19. The van der Waals surface area contributed by atoms with Crippen molar-refractivity contribution >= 4 is 39.4 Å². The molecule has 0 fully saturated rings. The van der Waals surface area contributed by atoms with Crippen molar-refractivity contribution in [2.24, 2.45) is 5.10 Å². The van der Waals surface area contributed by atoms with Gasteiger partial charge in [0.25, 0.3) is 15.9 Å². The molecule has 0 aliphatic heterocycles. The summed E-state index contributed by atoms with van der Waals surface area (Å²) in [6.07, 6.45) is 1.56. The van der Waals surface area contributed by atoms with Crippen molar-refractivity contribution in [1.82, 2.24) is 9.99 Å². The zero-order chi connectivity index (χ0) is 27.4. The molecule has 1 N–H and O–H groups in total. The van der Waals surface area contributed by atoms with Crippen molar-refractivity contribution in [3.05, 3.63) is 112 Å². The number of halogens is 1. The molecule has 0 saturated heterocycles. The lowest BCUT2D eigenvalue weighted by Crippen LogP contribution is -2.39. The predicted octanol–water partition coefficient (Wildman–Crippen LogP) is 5.71. The molecule has 0 aliphatic rings. The second-order valence-electron chi connectivity index (χ2n) is 9.05. The van der Waals surface area contributed by atoms with Gasteiger partial charge >= 0.3 is 0 Å². The maximum absolute atomic E-state index is 13.5. The lowest BCUT2D eigenvalue weighted by atomic mass is 10.2. The van der Waals surface area contributed by atoms with E-state index in [4.69, 9.17) is 11.6 Å². The Morgan fingerprint density at radius 2 is 1.71 bits per heavy atom. The Bertz CT molecular complexity index is 1610. The lowest BCUT2D eigenvalue weighted by Gasteiger charge is -2.24. The summed E-state index contributed by atoms with van der Waals surface area (Å²) in [6, 6.07) is 23.0. The van der Waals surface area contributed by atoms with Gasteiger partial charge in [-0.05, 0) is 81.3 Å². The van der Waals surface area contributed by atoms with E-state index in [-0.39, 0.29) is 10.6 Å². The lowest BCUT2D eigenvalue weighted by molar-refractivity contribution is -0.119. The highest BCUT2D eigenvalue weighted by Gasteiger charge is 2.27. The first-order chi connectivity index (χ1) is 18.1. The number of anilines is 1. The van der Waals surface area contributed by atoms with Crippen LogP contribution in [-0.2, 0) is 14.8 Å². The molecule has 0 spiro atoms. The van der Waals surface area contributed by atoms with Crippen molar-refractivity contribution < 1.29 is 13.2 Å². The molecule has 0 aliphatic carbocycles. The number of carbonyl (C=O) groups excluding carboxylic acids is 1. The predicted molar refractivity (Wildman–Crippen MR) is 153 cm³/mol. The Hall–Kier alpha value is -3.88. The number of hydrazone groups is 1. The molecule has 0 radical (unpaired) electrons. The van der Waals surface area contributed by atoms with Crippen molar-refractivity contribution in [3.8, 4) is 5.69 Å². The maximum atomic E-state index is 13.5. The number of rotatable bonds is 8. The van der Waals surface area contributed by atoms with E-state index in [1.165, 1.54) is 18.2 Å². The third-order valence-electron chi connectivity index (χ3n) is 6.18. The summed E-state index contributed by atoms with van der Waals surface area (Å²) in [5, 5.41) is 4.52. The first-order valence-electron chi connectivity index (χ1n) is 12.0. The molecule has 38 heavy (non-hydrogen) atoms. The number of hydrogen-bond acceptors (Lipinski definition) is 4. The minimum Gasteiger partial charge on any atom is -0.318 e. The van der Waals surface area contributed by atoms with Gasteiger partial charge in [-0.2, -0.15) is 5.10 Å². The second kappa shape index (κ2) is 11.2. The maximum Gasteiger partial charge on any atom is 0.264 e. The van der Waals surface area contributed by atoms with Gasteiger partial charge in [0.15, 0.2) is 0 Å². The summed E-state index contributed by atoms with van der Waals surface area (Å²) in [7, 11) is -4.04. The molecule has 4 rings (SSSR count). The molecule has 0 bridgehead atoms. The van der Waals surface area contributed by atoms with Crippen LogP contribution >= 0.6 is 11.6 Å². The minimum atomic E-state index is -4.04. The highest BCUT2D eigenvalue weighted by atomic mass is 35.5. The Morgan fingerprint density at radius 1 is 0.974 bits per heavy atom. The van der Waals surface area contributed by atoms with Gasteiger partial charge in [-0.15, -0.1) is 0 Å². The van der Waals surface area contributed by atoms with E-state index in [2.05, 4.69) is 21.2 Å². The van der Waals surface area contributed by atoms with E-state index in [0.29, 0.717) is 5.02 Å². The average molecular weight is 549 g/mol. The first-order valence-corrected chi connectivity index (χ1v) is 13.8. The molecular formula is C29H29ClN4O3S. The van der Waals surface area contributed by atoms with Gasteiger partial charge in [0, 0.05) is 27.7 Å². The second-order valence-corrected chi connectivity index (χ2v) is 11.3. The smallest absolute Gasteiger partial charge is 0.264 e. The number of carbonyl (C=O) groups is 1. The molecule has 196 valence electrons. The van der Waals surface area contributed by atoms with Crippen molar-refractivity contribution in [2.75, 3.05) is 10.8 Å². The number of benzene rings is 3.